The van der Waals surface area contributed by atoms with Crippen molar-refractivity contribution < 1.29 is 14.3 Å². The summed E-state index contributed by atoms with van der Waals surface area (Å²) in [5.74, 6) is 0.763. The zero-order valence-electron chi connectivity index (χ0n) is 14.3. The molecule has 3 rings (SSSR count). The van der Waals surface area contributed by atoms with Crippen LogP contribution in [0.2, 0.25) is 0 Å². The topological polar surface area (TPSA) is 48.4 Å². The van der Waals surface area contributed by atoms with Gasteiger partial charge in [-0.05, 0) is 30.4 Å². The molecule has 4 heteroatoms. The van der Waals surface area contributed by atoms with Crippen LogP contribution >= 0.6 is 0 Å². The number of fused-ring (bicyclic) bond motifs is 2. The maximum atomic E-state index is 11.3. The fourth-order valence-electron chi connectivity index (χ4n) is 4.34. The summed E-state index contributed by atoms with van der Waals surface area (Å²) in [4.78, 5) is 15.6. The molecule has 2 aliphatic rings. The van der Waals surface area contributed by atoms with E-state index < -0.39 is 0 Å². The smallest absolute Gasteiger partial charge is 0.302 e. The van der Waals surface area contributed by atoms with E-state index in [-0.39, 0.29) is 17.5 Å². The monoisotopic (exact) mass is 315 g/mol. The number of esters is 1. The van der Waals surface area contributed by atoms with Gasteiger partial charge in [-0.2, -0.15) is 0 Å². The molecule has 0 unspecified atom stereocenters. The predicted octanol–water partition coefficient (Wildman–Crippen LogP) is 3.55. The van der Waals surface area contributed by atoms with E-state index in [2.05, 4.69) is 37.9 Å². The van der Waals surface area contributed by atoms with Crippen molar-refractivity contribution in [2.45, 2.75) is 33.8 Å². The Morgan fingerprint density at radius 3 is 2.91 bits per heavy atom. The lowest BCUT2D eigenvalue weighted by molar-refractivity contribution is -0.180. The molecule has 5 atom stereocenters. The summed E-state index contributed by atoms with van der Waals surface area (Å²) >= 11 is 0. The van der Waals surface area contributed by atoms with Crippen LogP contribution in [0.5, 0.6) is 0 Å². The third kappa shape index (κ3) is 2.69. The average Bonchev–Trinajstić information content (AvgIpc) is 2.52. The highest BCUT2D eigenvalue weighted by molar-refractivity contribution is 5.66. The second kappa shape index (κ2) is 6.08. The zero-order chi connectivity index (χ0) is 16.6. The van der Waals surface area contributed by atoms with Crippen molar-refractivity contribution in [1.29, 1.82) is 0 Å². The largest absolute Gasteiger partial charge is 0.465 e. The van der Waals surface area contributed by atoms with Crippen LogP contribution < -0.4 is 0 Å². The Bertz CT molecular complexity index is 612. The summed E-state index contributed by atoms with van der Waals surface area (Å²) in [6, 6.07) is 4.03. The lowest BCUT2D eigenvalue weighted by Gasteiger charge is -2.55. The van der Waals surface area contributed by atoms with Gasteiger partial charge in [0.2, 0.25) is 0 Å². The first-order valence-corrected chi connectivity index (χ1v) is 8.29. The van der Waals surface area contributed by atoms with Gasteiger partial charge in [0.1, 0.15) is 0 Å². The number of carbonyl (C=O) groups excluding carboxylic acids is 1. The number of hydrogen-bond donors (Lipinski definition) is 0. The van der Waals surface area contributed by atoms with E-state index in [9.17, 15) is 4.79 Å². The van der Waals surface area contributed by atoms with E-state index in [0.29, 0.717) is 31.0 Å². The van der Waals surface area contributed by atoms with E-state index in [1.807, 2.05) is 12.3 Å². The number of carbonyl (C=O) groups is 1. The highest BCUT2D eigenvalue weighted by Crippen LogP contribution is 2.56. The maximum absolute atomic E-state index is 11.3. The molecule has 0 amide bonds. The number of allylic oxidation sites excluding steroid dienone is 1. The van der Waals surface area contributed by atoms with Crippen LogP contribution in [-0.2, 0) is 14.3 Å². The molecule has 124 valence electrons. The predicted molar refractivity (Wildman–Crippen MR) is 87.6 cm³/mol. The van der Waals surface area contributed by atoms with E-state index in [0.717, 1.165) is 5.56 Å². The number of ether oxygens (including phenoxy) is 2. The van der Waals surface area contributed by atoms with Gasteiger partial charge in [-0.25, -0.2) is 0 Å². The normalized spacial score (nSPS) is 36.3. The Labute approximate surface area is 137 Å². The molecule has 1 aromatic heterocycles. The van der Waals surface area contributed by atoms with Gasteiger partial charge in [-0.1, -0.05) is 31.6 Å². The number of hydrogen-bond acceptors (Lipinski definition) is 4. The van der Waals surface area contributed by atoms with Crippen molar-refractivity contribution in [3.05, 3.63) is 41.7 Å². The minimum atomic E-state index is -0.226. The van der Waals surface area contributed by atoms with E-state index in [1.165, 1.54) is 12.5 Å². The molecule has 1 fully saturated rings. The fraction of sp³-hybridized carbons (Fsp3) is 0.579. The fourth-order valence-corrected chi connectivity index (χ4v) is 4.34. The van der Waals surface area contributed by atoms with Crippen molar-refractivity contribution >= 4 is 5.97 Å². The van der Waals surface area contributed by atoms with E-state index in [1.54, 1.807) is 6.20 Å². The summed E-state index contributed by atoms with van der Waals surface area (Å²) in [7, 11) is 0. The van der Waals surface area contributed by atoms with E-state index >= 15 is 0 Å². The number of pyridine rings is 1. The quantitative estimate of drug-likeness (QED) is 0.632. The lowest BCUT2D eigenvalue weighted by atomic mass is 9.56. The van der Waals surface area contributed by atoms with Crippen molar-refractivity contribution in [2.24, 2.45) is 23.2 Å². The summed E-state index contributed by atoms with van der Waals surface area (Å²) in [5, 5.41) is 0. The molecule has 0 N–H and O–H groups in total. The summed E-state index contributed by atoms with van der Waals surface area (Å²) < 4.78 is 11.7. The Morgan fingerprint density at radius 2 is 2.26 bits per heavy atom. The minimum Gasteiger partial charge on any atom is -0.465 e. The first-order valence-electron chi connectivity index (χ1n) is 8.29. The Morgan fingerprint density at radius 1 is 1.48 bits per heavy atom. The van der Waals surface area contributed by atoms with Crippen molar-refractivity contribution in [1.82, 2.24) is 4.98 Å². The molecule has 0 saturated carbocycles. The molecule has 1 saturated heterocycles. The third-order valence-corrected chi connectivity index (χ3v) is 5.81. The van der Waals surface area contributed by atoms with Crippen LogP contribution in [0.25, 0.3) is 0 Å². The van der Waals surface area contributed by atoms with Crippen LogP contribution in [-0.4, -0.2) is 24.2 Å². The molecule has 1 aromatic rings. The van der Waals surface area contributed by atoms with Gasteiger partial charge in [0.05, 0.1) is 19.3 Å². The molecule has 4 nitrogen and oxygen atoms in total. The second-order valence-electron chi connectivity index (χ2n) is 7.05. The van der Waals surface area contributed by atoms with Gasteiger partial charge in [-0.15, -0.1) is 0 Å². The van der Waals surface area contributed by atoms with Gasteiger partial charge in [0.15, 0.2) is 0 Å². The molecule has 0 spiro atoms. The van der Waals surface area contributed by atoms with Crippen LogP contribution in [0.4, 0.5) is 0 Å². The van der Waals surface area contributed by atoms with Gasteiger partial charge in [0, 0.05) is 30.7 Å². The highest BCUT2D eigenvalue weighted by atomic mass is 16.5. The van der Waals surface area contributed by atoms with Gasteiger partial charge in [-0.3, -0.25) is 9.78 Å². The number of rotatable bonds is 3. The van der Waals surface area contributed by atoms with Crippen molar-refractivity contribution in [3.63, 3.8) is 0 Å². The molecule has 1 aliphatic heterocycles. The average molecular weight is 315 g/mol. The van der Waals surface area contributed by atoms with E-state index in [4.69, 9.17) is 9.47 Å². The van der Waals surface area contributed by atoms with Gasteiger partial charge >= 0.3 is 5.97 Å². The van der Waals surface area contributed by atoms with Crippen molar-refractivity contribution in [3.8, 4) is 0 Å². The third-order valence-electron chi connectivity index (χ3n) is 5.81. The molecule has 23 heavy (non-hydrogen) atoms. The highest BCUT2D eigenvalue weighted by Gasteiger charge is 2.54. The van der Waals surface area contributed by atoms with Crippen molar-refractivity contribution in [2.75, 3.05) is 13.2 Å². The summed E-state index contributed by atoms with van der Waals surface area (Å²) in [5.41, 5.74) is 2.33. The maximum Gasteiger partial charge on any atom is 0.302 e. The Balaban J connectivity index is 1.95. The molecule has 2 heterocycles. The summed E-state index contributed by atoms with van der Waals surface area (Å²) in [6.07, 6.45) is 6.03. The van der Waals surface area contributed by atoms with Crippen LogP contribution in [0.1, 0.15) is 39.4 Å². The molecule has 2 bridgehead atoms. The van der Waals surface area contributed by atoms with Crippen LogP contribution in [0.15, 0.2) is 36.2 Å². The zero-order valence-corrected chi connectivity index (χ0v) is 14.3. The number of aromatic nitrogens is 1. The standard InChI is InChI=1S/C19H25NO3/c1-12-8-13(2)19(10-22-15(4)21)11-23-18(17(12)14(19)3)16-6-5-7-20-9-16/h5-9,13-14,17-18H,10-11H2,1-4H3/t13-,14-,17+,18+,19+/m1/s1. The van der Waals surface area contributed by atoms with Gasteiger partial charge < -0.3 is 9.47 Å². The van der Waals surface area contributed by atoms with Crippen LogP contribution in [0.3, 0.4) is 0 Å². The lowest BCUT2D eigenvalue weighted by Crippen LogP contribution is -2.54. The minimum absolute atomic E-state index is 0.0212. The molecule has 0 radical (unpaired) electrons. The first-order chi connectivity index (χ1) is 11.0. The summed E-state index contributed by atoms with van der Waals surface area (Å²) in [6.45, 7) is 9.15. The molecular formula is C19H25NO3. The number of nitrogens with zero attached hydrogens (tertiary/aromatic N) is 1. The van der Waals surface area contributed by atoms with Crippen LogP contribution in [0, 0.1) is 23.2 Å². The molecule has 0 aromatic carbocycles. The second-order valence-corrected chi connectivity index (χ2v) is 7.05. The molecular weight excluding hydrogens is 290 g/mol. The first kappa shape index (κ1) is 16.2. The molecule has 1 aliphatic carbocycles. The van der Waals surface area contributed by atoms with Gasteiger partial charge in [0.25, 0.3) is 0 Å². The Kier molecular flexibility index (Phi) is 4.28. The SMILES string of the molecule is CC(=O)OC[C@]12CO[C@@H](c3cccnc3)[C@@H](C(C)=C[C@H]1C)[C@H]2C. The Hall–Kier alpha value is -1.68.